The zero-order chi connectivity index (χ0) is 21.4. The smallest absolute Gasteiger partial charge is 0.275 e. The van der Waals surface area contributed by atoms with Crippen LogP contribution in [-0.2, 0) is 0 Å². The van der Waals surface area contributed by atoms with Gasteiger partial charge in [0.1, 0.15) is 0 Å². The number of carbonyl (C=O) groups excluding carboxylic acids is 1. The lowest BCUT2D eigenvalue weighted by Crippen LogP contribution is -2.39. The van der Waals surface area contributed by atoms with Gasteiger partial charge in [-0.3, -0.25) is 14.9 Å². The highest BCUT2D eigenvalue weighted by Crippen LogP contribution is 2.30. The van der Waals surface area contributed by atoms with Gasteiger partial charge in [-0.2, -0.15) is 5.10 Å². The quantitative estimate of drug-likeness (QED) is 0.484. The molecular formula is C23H24N6OS. The minimum Gasteiger partial charge on any atom is -0.337 e. The van der Waals surface area contributed by atoms with E-state index in [1.54, 1.807) is 17.5 Å². The molecule has 0 unspecified atom stereocenters. The van der Waals surface area contributed by atoms with Gasteiger partial charge >= 0.3 is 0 Å². The van der Waals surface area contributed by atoms with Crippen molar-refractivity contribution >= 4 is 39.0 Å². The molecule has 1 amide bonds. The van der Waals surface area contributed by atoms with Crippen LogP contribution < -0.4 is 5.32 Å². The second-order valence-electron chi connectivity index (χ2n) is 8.10. The average Bonchev–Trinajstić information content (AvgIpc) is 3.42. The van der Waals surface area contributed by atoms with Gasteiger partial charge in [0.15, 0.2) is 10.8 Å². The number of nitrogens with zero attached hydrogens (tertiary/aromatic N) is 4. The molecule has 3 aromatic heterocycles. The summed E-state index contributed by atoms with van der Waals surface area (Å²) in [5, 5.41) is 14.4. The van der Waals surface area contributed by atoms with Gasteiger partial charge in [0.05, 0.1) is 5.52 Å². The summed E-state index contributed by atoms with van der Waals surface area (Å²) in [7, 11) is 0. The first-order chi connectivity index (χ1) is 15.1. The lowest BCUT2D eigenvalue weighted by atomic mass is 9.93. The molecule has 4 aromatic rings. The van der Waals surface area contributed by atoms with Crippen molar-refractivity contribution in [1.82, 2.24) is 25.1 Å². The van der Waals surface area contributed by atoms with Gasteiger partial charge in [-0.15, -0.1) is 11.3 Å². The Labute approximate surface area is 184 Å². The van der Waals surface area contributed by atoms with Crippen molar-refractivity contribution in [3.8, 4) is 0 Å². The maximum Gasteiger partial charge on any atom is 0.275 e. The summed E-state index contributed by atoms with van der Waals surface area (Å²) in [6.07, 6.45) is 3.74. The lowest BCUT2D eigenvalue weighted by molar-refractivity contribution is 0.0702. The topological polar surface area (TPSA) is 86.8 Å². The number of likely N-dealkylation sites (tertiary alicyclic amines) is 1. The van der Waals surface area contributed by atoms with Gasteiger partial charge in [-0.1, -0.05) is 11.6 Å². The van der Waals surface area contributed by atoms with Crippen molar-refractivity contribution in [3.63, 3.8) is 0 Å². The molecule has 0 bridgehead atoms. The molecule has 5 rings (SSSR count). The third-order valence-electron chi connectivity index (χ3n) is 5.70. The number of aromatic nitrogens is 4. The number of piperidine rings is 1. The van der Waals surface area contributed by atoms with Crippen LogP contribution in [-0.4, -0.2) is 44.1 Å². The number of anilines is 2. The summed E-state index contributed by atoms with van der Waals surface area (Å²) in [4.78, 5) is 24.3. The van der Waals surface area contributed by atoms with Crippen molar-refractivity contribution in [2.45, 2.75) is 32.6 Å². The van der Waals surface area contributed by atoms with E-state index in [4.69, 9.17) is 4.98 Å². The Balaban J connectivity index is 1.38. The maximum atomic E-state index is 13.3. The fraction of sp³-hybridized carbons (Fsp3) is 0.304. The van der Waals surface area contributed by atoms with Crippen LogP contribution in [0.1, 0.15) is 46.2 Å². The summed E-state index contributed by atoms with van der Waals surface area (Å²) < 4.78 is 0. The van der Waals surface area contributed by atoms with E-state index < -0.39 is 0 Å². The average molecular weight is 433 g/mol. The number of aromatic amines is 1. The van der Waals surface area contributed by atoms with Crippen LogP contribution in [0.2, 0.25) is 0 Å². The van der Waals surface area contributed by atoms with E-state index in [1.165, 1.54) is 0 Å². The molecule has 1 saturated heterocycles. The fourth-order valence-electron chi connectivity index (χ4n) is 4.23. The minimum atomic E-state index is -0.0182. The molecule has 0 aliphatic carbocycles. The molecular weight excluding hydrogens is 408 g/mol. The van der Waals surface area contributed by atoms with Crippen molar-refractivity contribution in [3.05, 3.63) is 64.6 Å². The Morgan fingerprint density at radius 2 is 2.16 bits per heavy atom. The van der Waals surface area contributed by atoms with Crippen LogP contribution in [0.15, 0.2) is 41.9 Å². The van der Waals surface area contributed by atoms with E-state index in [9.17, 15) is 4.79 Å². The molecule has 2 N–H and O–H groups in total. The molecule has 1 aromatic carbocycles. The van der Waals surface area contributed by atoms with Crippen molar-refractivity contribution < 1.29 is 4.79 Å². The first-order valence-corrected chi connectivity index (χ1v) is 11.3. The van der Waals surface area contributed by atoms with E-state index in [1.807, 2.05) is 48.4 Å². The van der Waals surface area contributed by atoms with Crippen LogP contribution in [0.3, 0.4) is 0 Å². The van der Waals surface area contributed by atoms with Crippen LogP contribution in [0.5, 0.6) is 0 Å². The highest BCUT2D eigenvalue weighted by atomic mass is 32.1. The number of nitrogens with one attached hydrogen (secondary N) is 2. The van der Waals surface area contributed by atoms with E-state index in [-0.39, 0.29) is 11.8 Å². The number of fused-ring (bicyclic) bond motifs is 1. The van der Waals surface area contributed by atoms with Crippen LogP contribution in [0.25, 0.3) is 10.9 Å². The molecule has 7 nitrogen and oxygen atoms in total. The fourth-order valence-corrected chi connectivity index (χ4v) is 4.78. The Morgan fingerprint density at radius 1 is 1.26 bits per heavy atom. The van der Waals surface area contributed by atoms with Crippen LogP contribution in [0.4, 0.5) is 10.8 Å². The molecule has 0 saturated carbocycles. The van der Waals surface area contributed by atoms with Gasteiger partial charge in [-0.05, 0) is 51.0 Å². The molecule has 1 fully saturated rings. The summed E-state index contributed by atoms with van der Waals surface area (Å²) in [5.41, 5.74) is 5.45. The molecule has 1 atom stereocenters. The molecule has 1 aliphatic rings. The first kappa shape index (κ1) is 19.7. The number of amides is 1. The van der Waals surface area contributed by atoms with Gasteiger partial charge in [0, 0.05) is 53.0 Å². The molecule has 0 radical (unpaired) electrons. The van der Waals surface area contributed by atoms with Crippen LogP contribution in [0, 0.1) is 13.8 Å². The van der Waals surface area contributed by atoms with Gasteiger partial charge in [0.25, 0.3) is 5.91 Å². The highest BCUT2D eigenvalue weighted by molar-refractivity contribution is 7.13. The number of rotatable bonds is 4. The van der Waals surface area contributed by atoms with Crippen LogP contribution >= 0.6 is 11.3 Å². The largest absolute Gasteiger partial charge is 0.337 e. The third-order valence-corrected chi connectivity index (χ3v) is 6.39. The number of hydrogen-bond acceptors (Lipinski definition) is 6. The molecule has 158 valence electrons. The second-order valence-corrected chi connectivity index (χ2v) is 8.99. The zero-order valence-electron chi connectivity index (χ0n) is 17.6. The van der Waals surface area contributed by atoms with Gasteiger partial charge < -0.3 is 10.2 Å². The van der Waals surface area contributed by atoms with Crippen molar-refractivity contribution in [1.29, 1.82) is 0 Å². The number of thiazole rings is 1. The summed E-state index contributed by atoms with van der Waals surface area (Å²) >= 11 is 1.56. The lowest BCUT2D eigenvalue weighted by Gasteiger charge is -2.32. The number of benzene rings is 1. The molecule has 8 heteroatoms. The predicted octanol–water partition coefficient (Wildman–Crippen LogP) is 4.79. The number of carbonyl (C=O) groups is 1. The highest BCUT2D eigenvalue weighted by Gasteiger charge is 2.28. The Hall–Kier alpha value is -3.26. The maximum absolute atomic E-state index is 13.3. The monoisotopic (exact) mass is 432 g/mol. The Bertz CT molecular complexity index is 1230. The van der Waals surface area contributed by atoms with Gasteiger partial charge in [-0.25, -0.2) is 4.98 Å². The minimum absolute atomic E-state index is 0.0182. The first-order valence-electron chi connectivity index (χ1n) is 10.5. The molecule has 0 spiro atoms. The Morgan fingerprint density at radius 3 is 3.00 bits per heavy atom. The van der Waals surface area contributed by atoms with E-state index >= 15 is 0 Å². The van der Waals surface area contributed by atoms with E-state index in [2.05, 4.69) is 26.6 Å². The second kappa shape index (κ2) is 8.11. The van der Waals surface area contributed by atoms with E-state index in [0.717, 1.165) is 58.1 Å². The summed E-state index contributed by atoms with van der Waals surface area (Å²) in [5.74, 6) is 0.178. The SMILES string of the molecule is Cc1ccc2[nH]nc(C(=O)N3CCC[C@H](c4cc(Nc5nccs5)cc(C)n4)C3)c2c1. The number of hydrogen-bond donors (Lipinski definition) is 2. The summed E-state index contributed by atoms with van der Waals surface area (Å²) in [6, 6.07) is 10.1. The normalized spacial score (nSPS) is 16.6. The Kier molecular flexibility index (Phi) is 5.15. The third kappa shape index (κ3) is 4.03. The molecule has 4 heterocycles. The number of pyridine rings is 1. The van der Waals surface area contributed by atoms with Gasteiger partial charge in [0.2, 0.25) is 0 Å². The number of H-pyrrole nitrogens is 1. The predicted molar refractivity (Wildman–Crippen MR) is 123 cm³/mol. The zero-order valence-corrected chi connectivity index (χ0v) is 18.4. The van der Waals surface area contributed by atoms with E-state index in [0.29, 0.717) is 12.2 Å². The molecule has 1 aliphatic heterocycles. The van der Waals surface area contributed by atoms with Crippen molar-refractivity contribution in [2.75, 3.05) is 18.4 Å². The van der Waals surface area contributed by atoms with Crippen molar-refractivity contribution in [2.24, 2.45) is 0 Å². The summed E-state index contributed by atoms with van der Waals surface area (Å²) in [6.45, 7) is 5.41. The number of aryl methyl sites for hydroxylation is 2. The standard InChI is InChI=1S/C23H24N6OS/c1-14-5-6-19-18(10-14)21(28-27-19)22(30)29-8-3-4-16(13-29)20-12-17(11-15(2)25-20)26-23-24-7-9-31-23/h5-7,9-12,16H,3-4,8,13H2,1-2H3,(H,27,28)(H,24,25,26)/t16-/m0/s1. The molecule has 31 heavy (non-hydrogen) atoms.